The van der Waals surface area contributed by atoms with Crippen LogP contribution >= 0.6 is 11.8 Å². The van der Waals surface area contributed by atoms with Crippen molar-refractivity contribution >= 4 is 11.8 Å². The van der Waals surface area contributed by atoms with Crippen LogP contribution < -0.4 is 5.32 Å². The number of hydrogen-bond acceptors (Lipinski definition) is 3. The maximum atomic E-state index is 4.05. The lowest BCUT2D eigenvalue weighted by Gasteiger charge is -2.14. The van der Waals surface area contributed by atoms with Crippen molar-refractivity contribution < 1.29 is 0 Å². The maximum Gasteiger partial charge on any atom is 0.0991 e. The van der Waals surface area contributed by atoms with E-state index in [0.717, 1.165) is 18.0 Å². The lowest BCUT2D eigenvalue weighted by Crippen LogP contribution is -2.21. The van der Waals surface area contributed by atoms with Crippen LogP contribution in [0.5, 0.6) is 0 Å². The first kappa shape index (κ1) is 13.2. The van der Waals surface area contributed by atoms with Gasteiger partial charge in [-0.1, -0.05) is 12.1 Å². The molecule has 1 unspecified atom stereocenters. The van der Waals surface area contributed by atoms with E-state index in [-0.39, 0.29) is 0 Å². The number of benzene rings is 1. The van der Waals surface area contributed by atoms with Crippen LogP contribution in [0, 0.1) is 0 Å². The summed E-state index contributed by atoms with van der Waals surface area (Å²) in [6.07, 6.45) is 7.69. The summed E-state index contributed by atoms with van der Waals surface area (Å²) in [4.78, 5) is 4.05. The Labute approximate surface area is 113 Å². The highest BCUT2D eigenvalue weighted by Crippen LogP contribution is 2.15. The Kier molecular flexibility index (Phi) is 4.84. The molecule has 4 heteroatoms. The molecule has 2 aromatic rings. The summed E-state index contributed by atoms with van der Waals surface area (Å²) < 4.78 is 2.01. The van der Waals surface area contributed by atoms with E-state index in [0.29, 0.717) is 6.04 Å². The molecule has 96 valence electrons. The molecular formula is C14H19N3S. The van der Waals surface area contributed by atoms with Crippen molar-refractivity contribution in [3.63, 3.8) is 0 Å². The second-order valence-electron chi connectivity index (χ2n) is 4.23. The highest BCUT2D eigenvalue weighted by Gasteiger charge is 2.04. The molecule has 0 aliphatic carbocycles. The summed E-state index contributed by atoms with van der Waals surface area (Å²) in [5.41, 5.74) is 2.47. The van der Waals surface area contributed by atoms with Crippen molar-refractivity contribution in [2.24, 2.45) is 0 Å². The molecule has 0 aliphatic rings. The van der Waals surface area contributed by atoms with Gasteiger partial charge in [-0.05, 0) is 30.9 Å². The second-order valence-corrected chi connectivity index (χ2v) is 5.22. The largest absolute Gasteiger partial charge is 0.309 e. The number of rotatable bonds is 6. The van der Waals surface area contributed by atoms with Gasteiger partial charge in [0, 0.05) is 36.4 Å². The van der Waals surface area contributed by atoms with Gasteiger partial charge < -0.3 is 9.88 Å². The fourth-order valence-electron chi connectivity index (χ4n) is 1.84. The normalized spacial score (nSPS) is 12.6. The number of nitrogens with zero attached hydrogens (tertiary/aromatic N) is 2. The van der Waals surface area contributed by atoms with Crippen molar-refractivity contribution in [3.8, 4) is 5.69 Å². The third-order valence-electron chi connectivity index (χ3n) is 2.95. The van der Waals surface area contributed by atoms with E-state index in [9.17, 15) is 0 Å². The maximum absolute atomic E-state index is 4.05. The average molecular weight is 261 g/mol. The quantitative estimate of drug-likeness (QED) is 0.811. The van der Waals surface area contributed by atoms with Gasteiger partial charge in [0.25, 0.3) is 0 Å². The van der Waals surface area contributed by atoms with Crippen LogP contribution in [0.1, 0.15) is 18.5 Å². The van der Waals surface area contributed by atoms with E-state index >= 15 is 0 Å². The highest BCUT2D eigenvalue weighted by molar-refractivity contribution is 7.98. The molecule has 0 saturated heterocycles. The van der Waals surface area contributed by atoms with E-state index < -0.39 is 0 Å². The molecule has 0 spiro atoms. The smallest absolute Gasteiger partial charge is 0.0991 e. The summed E-state index contributed by atoms with van der Waals surface area (Å²) in [7, 11) is 0. The molecule has 1 aromatic heterocycles. The summed E-state index contributed by atoms with van der Waals surface area (Å²) in [5, 5.41) is 3.51. The van der Waals surface area contributed by atoms with Crippen LogP contribution in [-0.4, -0.2) is 28.1 Å². The van der Waals surface area contributed by atoms with Crippen molar-refractivity contribution in [3.05, 3.63) is 48.5 Å². The fraction of sp³-hybridized carbons (Fsp3) is 0.357. The molecule has 0 amide bonds. The summed E-state index contributed by atoms with van der Waals surface area (Å²) in [6, 6.07) is 9.00. The van der Waals surface area contributed by atoms with Gasteiger partial charge >= 0.3 is 0 Å². The summed E-state index contributed by atoms with van der Waals surface area (Å²) >= 11 is 1.87. The number of thioether (sulfide) groups is 1. The van der Waals surface area contributed by atoms with Gasteiger partial charge in [0.2, 0.25) is 0 Å². The third kappa shape index (κ3) is 3.37. The number of imidazole rings is 1. The highest BCUT2D eigenvalue weighted by atomic mass is 32.2. The molecule has 1 N–H and O–H groups in total. The van der Waals surface area contributed by atoms with Crippen molar-refractivity contribution in [1.82, 2.24) is 14.9 Å². The van der Waals surface area contributed by atoms with Crippen molar-refractivity contribution in [1.29, 1.82) is 0 Å². The molecule has 0 bridgehead atoms. The summed E-state index contributed by atoms with van der Waals surface area (Å²) in [6.45, 7) is 3.25. The molecule has 0 aliphatic heterocycles. The van der Waals surface area contributed by atoms with E-state index in [1.165, 1.54) is 5.56 Å². The Hall–Kier alpha value is -1.26. The predicted octanol–water partition coefficient (Wildman–Crippen LogP) is 2.89. The van der Waals surface area contributed by atoms with Crippen LogP contribution in [0.3, 0.4) is 0 Å². The second kappa shape index (κ2) is 6.61. The molecule has 0 radical (unpaired) electrons. The molecule has 0 fully saturated rings. The molecule has 1 aromatic carbocycles. The van der Waals surface area contributed by atoms with Crippen molar-refractivity contribution in [2.45, 2.75) is 13.0 Å². The van der Waals surface area contributed by atoms with Gasteiger partial charge in [-0.15, -0.1) is 0 Å². The van der Waals surface area contributed by atoms with Crippen LogP contribution in [0.15, 0.2) is 43.0 Å². The SMILES string of the molecule is CSCCNC(C)c1ccc(-n2ccnc2)cc1. The zero-order chi connectivity index (χ0) is 12.8. The molecular weight excluding hydrogens is 242 g/mol. The Morgan fingerprint density at radius 1 is 1.33 bits per heavy atom. The van der Waals surface area contributed by atoms with Crippen LogP contribution in [0.4, 0.5) is 0 Å². The van der Waals surface area contributed by atoms with E-state index in [2.05, 4.69) is 47.7 Å². The van der Waals surface area contributed by atoms with Crippen molar-refractivity contribution in [2.75, 3.05) is 18.6 Å². The zero-order valence-corrected chi connectivity index (χ0v) is 11.7. The zero-order valence-electron chi connectivity index (χ0n) is 10.8. The summed E-state index contributed by atoms with van der Waals surface area (Å²) in [5.74, 6) is 1.15. The first-order valence-electron chi connectivity index (χ1n) is 6.12. The first-order chi connectivity index (χ1) is 8.81. The van der Waals surface area contributed by atoms with E-state index in [4.69, 9.17) is 0 Å². The van der Waals surface area contributed by atoms with Gasteiger partial charge in [0.05, 0.1) is 6.33 Å². The molecule has 2 rings (SSSR count). The predicted molar refractivity (Wildman–Crippen MR) is 78.4 cm³/mol. The van der Waals surface area contributed by atoms with Crippen LogP contribution in [0.25, 0.3) is 5.69 Å². The molecule has 3 nitrogen and oxygen atoms in total. The minimum Gasteiger partial charge on any atom is -0.309 e. The van der Waals surface area contributed by atoms with Gasteiger partial charge in [-0.3, -0.25) is 0 Å². The fourth-order valence-corrected chi connectivity index (χ4v) is 2.16. The van der Waals surface area contributed by atoms with Crippen LogP contribution in [-0.2, 0) is 0 Å². The Bertz CT molecular complexity index is 450. The Balaban J connectivity index is 1.99. The lowest BCUT2D eigenvalue weighted by atomic mass is 10.1. The molecule has 1 heterocycles. The Morgan fingerprint density at radius 2 is 2.11 bits per heavy atom. The van der Waals surface area contributed by atoms with E-state index in [1.54, 1.807) is 6.20 Å². The number of aromatic nitrogens is 2. The third-order valence-corrected chi connectivity index (χ3v) is 3.56. The monoisotopic (exact) mass is 261 g/mol. The standard InChI is InChI=1S/C14H19N3S/c1-12(16-8-10-18-2)13-3-5-14(6-4-13)17-9-7-15-11-17/h3-7,9,11-12,16H,8,10H2,1-2H3. The average Bonchev–Trinajstić information content (AvgIpc) is 2.93. The number of nitrogens with one attached hydrogen (secondary N) is 1. The van der Waals surface area contributed by atoms with Gasteiger partial charge in [0.15, 0.2) is 0 Å². The van der Waals surface area contributed by atoms with Gasteiger partial charge in [0.1, 0.15) is 0 Å². The van der Waals surface area contributed by atoms with Gasteiger partial charge in [-0.2, -0.15) is 11.8 Å². The molecule has 18 heavy (non-hydrogen) atoms. The molecule has 0 saturated carbocycles. The number of hydrogen-bond donors (Lipinski definition) is 1. The van der Waals surface area contributed by atoms with Gasteiger partial charge in [-0.25, -0.2) is 4.98 Å². The first-order valence-corrected chi connectivity index (χ1v) is 7.51. The lowest BCUT2D eigenvalue weighted by molar-refractivity contribution is 0.601. The van der Waals surface area contributed by atoms with Crippen LogP contribution in [0.2, 0.25) is 0 Å². The topological polar surface area (TPSA) is 29.9 Å². The minimum atomic E-state index is 0.397. The minimum absolute atomic E-state index is 0.397. The van der Waals surface area contributed by atoms with E-state index in [1.807, 2.05) is 28.9 Å². The molecule has 1 atom stereocenters. The Morgan fingerprint density at radius 3 is 2.72 bits per heavy atom.